The lowest BCUT2D eigenvalue weighted by atomic mass is 10.1. The van der Waals surface area contributed by atoms with Crippen LogP contribution in [0.5, 0.6) is 0 Å². The summed E-state index contributed by atoms with van der Waals surface area (Å²) in [5.74, 6) is -0.373. The van der Waals surface area contributed by atoms with Crippen molar-refractivity contribution in [3.05, 3.63) is 66.4 Å². The van der Waals surface area contributed by atoms with Gasteiger partial charge in [0.2, 0.25) is 5.91 Å². The number of para-hydroxylation sites is 1. The number of carbonyl (C=O) groups is 2. The second-order valence-electron chi connectivity index (χ2n) is 6.09. The van der Waals surface area contributed by atoms with Gasteiger partial charge in [-0.3, -0.25) is 14.6 Å². The Balaban J connectivity index is 1.70. The SMILES string of the molecule is CC(C)C(=O)Nc1ccc(C(=O)Nc2cnc3ccccc3c2)cc1. The summed E-state index contributed by atoms with van der Waals surface area (Å²) in [6.07, 6.45) is 1.64. The Hall–Kier alpha value is -3.21. The smallest absolute Gasteiger partial charge is 0.255 e. The van der Waals surface area contributed by atoms with Gasteiger partial charge in [0.05, 0.1) is 17.4 Å². The fourth-order valence-corrected chi connectivity index (χ4v) is 2.33. The van der Waals surface area contributed by atoms with Crippen LogP contribution in [-0.2, 0) is 4.79 Å². The lowest BCUT2D eigenvalue weighted by Gasteiger charge is -2.09. The van der Waals surface area contributed by atoms with Crippen molar-refractivity contribution in [2.45, 2.75) is 13.8 Å². The van der Waals surface area contributed by atoms with E-state index in [4.69, 9.17) is 0 Å². The maximum absolute atomic E-state index is 12.4. The third kappa shape index (κ3) is 4.01. The summed E-state index contributed by atoms with van der Waals surface area (Å²) in [4.78, 5) is 28.4. The molecule has 5 heteroatoms. The largest absolute Gasteiger partial charge is 0.326 e. The normalized spacial score (nSPS) is 10.7. The van der Waals surface area contributed by atoms with Crippen LogP contribution in [0.3, 0.4) is 0 Å². The number of anilines is 2. The number of hydrogen-bond donors (Lipinski definition) is 2. The first-order chi connectivity index (χ1) is 12.0. The highest BCUT2D eigenvalue weighted by Gasteiger charge is 2.09. The minimum absolute atomic E-state index is 0.0561. The van der Waals surface area contributed by atoms with E-state index < -0.39 is 0 Å². The predicted molar refractivity (Wildman–Crippen MR) is 99.6 cm³/mol. The van der Waals surface area contributed by atoms with Crippen molar-refractivity contribution in [2.75, 3.05) is 10.6 Å². The number of nitrogens with one attached hydrogen (secondary N) is 2. The highest BCUT2D eigenvalue weighted by Crippen LogP contribution is 2.17. The molecule has 2 amide bonds. The molecule has 0 saturated carbocycles. The van der Waals surface area contributed by atoms with Gasteiger partial charge in [-0.15, -0.1) is 0 Å². The molecule has 0 aliphatic carbocycles. The molecule has 0 aliphatic rings. The van der Waals surface area contributed by atoms with Crippen LogP contribution in [0.15, 0.2) is 60.8 Å². The van der Waals surface area contributed by atoms with Gasteiger partial charge in [-0.25, -0.2) is 0 Å². The van der Waals surface area contributed by atoms with Gasteiger partial charge in [-0.1, -0.05) is 32.0 Å². The Kier molecular flexibility index (Phi) is 4.75. The number of fused-ring (bicyclic) bond motifs is 1. The first-order valence-corrected chi connectivity index (χ1v) is 8.10. The Morgan fingerprint density at radius 1 is 0.920 bits per heavy atom. The third-order valence-electron chi connectivity index (χ3n) is 3.79. The molecule has 0 unspecified atom stereocenters. The summed E-state index contributed by atoms with van der Waals surface area (Å²) in [5, 5.41) is 6.60. The van der Waals surface area contributed by atoms with Gasteiger partial charge < -0.3 is 10.6 Å². The van der Waals surface area contributed by atoms with Gasteiger partial charge in [0.15, 0.2) is 0 Å². The molecule has 3 aromatic rings. The van der Waals surface area contributed by atoms with E-state index in [1.54, 1.807) is 30.5 Å². The Morgan fingerprint density at radius 2 is 1.64 bits per heavy atom. The molecule has 1 aromatic heterocycles. The van der Waals surface area contributed by atoms with E-state index in [0.717, 1.165) is 10.9 Å². The molecule has 0 radical (unpaired) electrons. The quantitative estimate of drug-likeness (QED) is 0.755. The predicted octanol–water partition coefficient (Wildman–Crippen LogP) is 4.08. The standard InChI is InChI=1S/C20H19N3O2/c1-13(2)19(24)22-16-9-7-14(8-10-16)20(25)23-17-11-15-5-3-4-6-18(15)21-12-17/h3-13H,1-2H3,(H,22,24)(H,23,25). The molecule has 0 atom stereocenters. The van der Waals surface area contributed by atoms with Gasteiger partial charge in [0.25, 0.3) is 5.91 Å². The molecule has 0 aliphatic heterocycles. The topological polar surface area (TPSA) is 71.1 Å². The van der Waals surface area contributed by atoms with Gasteiger partial charge in [0.1, 0.15) is 0 Å². The number of rotatable bonds is 4. The zero-order valence-corrected chi connectivity index (χ0v) is 14.1. The van der Waals surface area contributed by atoms with Crippen molar-refractivity contribution >= 4 is 34.1 Å². The number of hydrogen-bond acceptors (Lipinski definition) is 3. The van der Waals surface area contributed by atoms with Crippen LogP contribution >= 0.6 is 0 Å². The number of aromatic nitrogens is 1. The second kappa shape index (κ2) is 7.13. The Morgan fingerprint density at radius 3 is 2.36 bits per heavy atom. The minimum atomic E-state index is -0.223. The molecule has 0 saturated heterocycles. The average molecular weight is 333 g/mol. The Bertz CT molecular complexity index is 918. The van der Waals surface area contributed by atoms with Crippen LogP contribution in [0, 0.1) is 5.92 Å². The molecule has 3 rings (SSSR count). The molecule has 5 nitrogen and oxygen atoms in total. The number of benzene rings is 2. The van der Waals surface area contributed by atoms with E-state index in [1.165, 1.54) is 0 Å². The van der Waals surface area contributed by atoms with Crippen molar-refractivity contribution < 1.29 is 9.59 Å². The number of nitrogens with zero attached hydrogens (tertiary/aromatic N) is 1. The Labute approximate surface area is 146 Å². The summed E-state index contributed by atoms with van der Waals surface area (Å²) in [6, 6.07) is 16.4. The minimum Gasteiger partial charge on any atom is -0.326 e. The van der Waals surface area contributed by atoms with E-state index in [0.29, 0.717) is 16.9 Å². The van der Waals surface area contributed by atoms with Crippen LogP contribution < -0.4 is 10.6 Å². The average Bonchev–Trinajstić information content (AvgIpc) is 2.62. The first kappa shape index (κ1) is 16.6. The zero-order chi connectivity index (χ0) is 17.8. The number of amides is 2. The highest BCUT2D eigenvalue weighted by atomic mass is 16.2. The summed E-state index contributed by atoms with van der Waals surface area (Å²) in [6.45, 7) is 3.66. The molecule has 0 spiro atoms. The fraction of sp³-hybridized carbons (Fsp3) is 0.150. The van der Waals surface area contributed by atoms with Crippen molar-refractivity contribution in [3.8, 4) is 0 Å². The summed E-state index contributed by atoms with van der Waals surface area (Å²) < 4.78 is 0. The van der Waals surface area contributed by atoms with E-state index >= 15 is 0 Å². The first-order valence-electron chi connectivity index (χ1n) is 8.10. The molecule has 25 heavy (non-hydrogen) atoms. The summed E-state index contributed by atoms with van der Waals surface area (Å²) in [5.41, 5.74) is 2.70. The van der Waals surface area contributed by atoms with E-state index in [2.05, 4.69) is 15.6 Å². The maximum atomic E-state index is 12.4. The van der Waals surface area contributed by atoms with E-state index in [9.17, 15) is 9.59 Å². The highest BCUT2D eigenvalue weighted by molar-refractivity contribution is 6.05. The lowest BCUT2D eigenvalue weighted by molar-refractivity contribution is -0.118. The van der Waals surface area contributed by atoms with Crippen LogP contribution in [0.1, 0.15) is 24.2 Å². The van der Waals surface area contributed by atoms with Gasteiger partial charge in [-0.05, 0) is 36.4 Å². The van der Waals surface area contributed by atoms with Gasteiger partial charge >= 0.3 is 0 Å². The molecule has 0 fully saturated rings. The van der Waals surface area contributed by atoms with Crippen molar-refractivity contribution in [1.82, 2.24) is 4.98 Å². The maximum Gasteiger partial charge on any atom is 0.255 e. The monoisotopic (exact) mass is 333 g/mol. The molecule has 2 aromatic carbocycles. The van der Waals surface area contributed by atoms with Crippen LogP contribution in [-0.4, -0.2) is 16.8 Å². The molecule has 126 valence electrons. The fourth-order valence-electron chi connectivity index (χ4n) is 2.33. The third-order valence-corrected chi connectivity index (χ3v) is 3.79. The van der Waals surface area contributed by atoms with Crippen molar-refractivity contribution in [3.63, 3.8) is 0 Å². The number of carbonyl (C=O) groups excluding carboxylic acids is 2. The van der Waals surface area contributed by atoms with Crippen molar-refractivity contribution in [2.24, 2.45) is 5.92 Å². The van der Waals surface area contributed by atoms with Gasteiger partial charge in [0, 0.05) is 22.6 Å². The molecule has 0 bridgehead atoms. The van der Waals surface area contributed by atoms with E-state index in [1.807, 2.05) is 44.2 Å². The molecular formula is C20H19N3O2. The van der Waals surface area contributed by atoms with Crippen LogP contribution in [0.4, 0.5) is 11.4 Å². The van der Waals surface area contributed by atoms with Crippen LogP contribution in [0.2, 0.25) is 0 Å². The molecular weight excluding hydrogens is 314 g/mol. The van der Waals surface area contributed by atoms with Crippen LogP contribution in [0.25, 0.3) is 10.9 Å². The second-order valence-corrected chi connectivity index (χ2v) is 6.09. The molecule has 1 heterocycles. The zero-order valence-electron chi connectivity index (χ0n) is 14.1. The van der Waals surface area contributed by atoms with Gasteiger partial charge in [-0.2, -0.15) is 0 Å². The lowest BCUT2D eigenvalue weighted by Crippen LogP contribution is -2.18. The summed E-state index contributed by atoms with van der Waals surface area (Å²) in [7, 11) is 0. The number of pyridine rings is 1. The summed E-state index contributed by atoms with van der Waals surface area (Å²) >= 11 is 0. The molecule has 2 N–H and O–H groups in total. The van der Waals surface area contributed by atoms with Crippen molar-refractivity contribution in [1.29, 1.82) is 0 Å². The van der Waals surface area contributed by atoms with E-state index in [-0.39, 0.29) is 17.7 Å².